The van der Waals surface area contributed by atoms with E-state index in [-0.39, 0.29) is 23.9 Å². The summed E-state index contributed by atoms with van der Waals surface area (Å²) < 4.78 is 12.0. The smallest absolute Gasteiger partial charge is 0.312 e. The molecule has 1 aliphatic heterocycles. The summed E-state index contributed by atoms with van der Waals surface area (Å²) in [5.41, 5.74) is 1.86. The van der Waals surface area contributed by atoms with Gasteiger partial charge in [0.25, 0.3) is 0 Å². The molecule has 130 valence electrons. The maximum absolute atomic E-state index is 12.7. The third-order valence-electron chi connectivity index (χ3n) is 5.87. The van der Waals surface area contributed by atoms with Crippen LogP contribution in [0.3, 0.4) is 0 Å². The van der Waals surface area contributed by atoms with E-state index in [2.05, 4.69) is 36.4 Å². The van der Waals surface area contributed by atoms with Crippen molar-refractivity contribution < 1.29 is 14.3 Å². The summed E-state index contributed by atoms with van der Waals surface area (Å²) in [6.07, 6.45) is 3.96. The van der Waals surface area contributed by atoms with Crippen LogP contribution >= 0.6 is 0 Å². The minimum atomic E-state index is -0.390. The van der Waals surface area contributed by atoms with Crippen molar-refractivity contribution in [2.24, 2.45) is 11.8 Å². The number of ether oxygens (including phenoxy) is 2. The van der Waals surface area contributed by atoms with Crippen LogP contribution in [0.15, 0.2) is 60.7 Å². The average molecular weight is 336 g/mol. The number of rotatable bonds is 3. The first-order chi connectivity index (χ1) is 12.3. The van der Waals surface area contributed by atoms with E-state index in [1.807, 2.05) is 24.3 Å². The normalized spacial score (nSPS) is 31.3. The van der Waals surface area contributed by atoms with Crippen LogP contribution in [0.2, 0.25) is 0 Å². The van der Waals surface area contributed by atoms with Gasteiger partial charge in [0.1, 0.15) is 0 Å². The first kappa shape index (κ1) is 16.3. The average Bonchev–Trinajstić information content (AvgIpc) is 3.05. The maximum atomic E-state index is 12.7. The van der Waals surface area contributed by atoms with Crippen LogP contribution in [0.4, 0.5) is 0 Å². The van der Waals surface area contributed by atoms with Gasteiger partial charge in [-0.3, -0.25) is 4.79 Å². The number of carbonyl (C=O) groups is 1. The topological polar surface area (TPSA) is 35.5 Å². The minimum absolute atomic E-state index is 0.154. The summed E-state index contributed by atoms with van der Waals surface area (Å²) in [5.74, 6) is -0.257. The molecule has 25 heavy (non-hydrogen) atoms. The largest absolute Gasteiger partial charge is 0.469 e. The molecule has 0 aromatic heterocycles. The fourth-order valence-corrected chi connectivity index (χ4v) is 4.79. The quantitative estimate of drug-likeness (QED) is 0.767. The Labute approximate surface area is 149 Å². The van der Waals surface area contributed by atoms with Gasteiger partial charge >= 0.3 is 5.97 Å². The molecule has 3 nitrogen and oxygen atoms in total. The van der Waals surface area contributed by atoms with E-state index in [1.165, 1.54) is 12.7 Å². The molecule has 0 amide bonds. The number of fused-ring (bicyclic) bond motifs is 1. The summed E-state index contributed by atoms with van der Waals surface area (Å²) >= 11 is 0. The van der Waals surface area contributed by atoms with Crippen molar-refractivity contribution in [1.82, 2.24) is 0 Å². The van der Waals surface area contributed by atoms with Crippen molar-refractivity contribution in [2.75, 3.05) is 7.11 Å². The molecule has 1 aliphatic carbocycles. The molecule has 2 aromatic rings. The van der Waals surface area contributed by atoms with Gasteiger partial charge in [0, 0.05) is 5.92 Å². The Morgan fingerprint density at radius 3 is 2.40 bits per heavy atom. The molecule has 0 unspecified atom stereocenters. The third-order valence-corrected chi connectivity index (χ3v) is 5.87. The van der Waals surface area contributed by atoms with Gasteiger partial charge in [-0.15, -0.1) is 0 Å². The molecule has 0 bridgehead atoms. The zero-order valence-corrected chi connectivity index (χ0v) is 14.6. The highest BCUT2D eigenvalue weighted by atomic mass is 16.5. The molecule has 0 radical (unpaired) electrons. The van der Waals surface area contributed by atoms with Crippen molar-refractivity contribution in [1.29, 1.82) is 0 Å². The summed E-state index contributed by atoms with van der Waals surface area (Å²) in [4.78, 5) is 12.7. The van der Waals surface area contributed by atoms with Crippen molar-refractivity contribution in [3.05, 3.63) is 71.8 Å². The Bertz CT molecular complexity index is 727. The van der Waals surface area contributed by atoms with E-state index < -0.39 is 5.60 Å². The van der Waals surface area contributed by atoms with Gasteiger partial charge in [-0.1, -0.05) is 73.5 Å². The molecular weight excluding hydrogens is 312 g/mol. The molecule has 0 N–H and O–H groups in total. The van der Waals surface area contributed by atoms with Gasteiger partial charge in [-0.2, -0.15) is 0 Å². The Kier molecular flexibility index (Phi) is 4.34. The second-order valence-electron chi connectivity index (χ2n) is 7.11. The van der Waals surface area contributed by atoms with Crippen molar-refractivity contribution in [2.45, 2.75) is 37.4 Å². The molecule has 1 saturated heterocycles. The molecular formula is C22H24O3. The fourth-order valence-electron chi connectivity index (χ4n) is 4.79. The molecule has 4 rings (SSSR count). The fraction of sp³-hybridized carbons (Fsp3) is 0.409. The number of carbonyl (C=O) groups excluding carboxylic acids is 1. The zero-order chi connectivity index (χ0) is 17.3. The van der Waals surface area contributed by atoms with Crippen LogP contribution in [0.1, 0.15) is 42.9 Å². The monoisotopic (exact) mass is 336 g/mol. The zero-order valence-electron chi connectivity index (χ0n) is 14.6. The molecule has 0 spiro atoms. The first-order valence-corrected chi connectivity index (χ1v) is 9.12. The van der Waals surface area contributed by atoms with Gasteiger partial charge in [-0.05, 0) is 24.0 Å². The maximum Gasteiger partial charge on any atom is 0.312 e. The van der Waals surface area contributed by atoms with Crippen LogP contribution in [0.5, 0.6) is 0 Å². The lowest BCUT2D eigenvalue weighted by Gasteiger charge is -2.39. The number of methoxy groups -OCH3 is 1. The summed E-state index contributed by atoms with van der Waals surface area (Å²) in [6.45, 7) is 0. The molecule has 4 atom stereocenters. The van der Waals surface area contributed by atoms with E-state index in [4.69, 9.17) is 9.47 Å². The second kappa shape index (κ2) is 6.64. The third kappa shape index (κ3) is 2.67. The molecule has 2 fully saturated rings. The Morgan fingerprint density at radius 2 is 1.72 bits per heavy atom. The predicted molar refractivity (Wildman–Crippen MR) is 95.9 cm³/mol. The Balaban J connectivity index is 1.82. The molecule has 2 aliphatic rings. The highest BCUT2D eigenvalue weighted by Crippen LogP contribution is 2.59. The van der Waals surface area contributed by atoms with Crippen molar-refractivity contribution in [3.8, 4) is 0 Å². The van der Waals surface area contributed by atoms with Crippen LogP contribution in [0, 0.1) is 11.8 Å². The van der Waals surface area contributed by atoms with Gasteiger partial charge in [-0.25, -0.2) is 0 Å². The van der Waals surface area contributed by atoms with E-state index in [0.717, 1.165) is 31.2 Å². The van der Waals surface area contributed by atoms with Crippen LogP contribution in [-0.4, -0.2) is 13.1 Å². The van der Waals surface area contributed by atoms with E-state index in [1.54, 1.807) is 0 Å². The van der Waals surface area contributed by atoms with E-state index in [9.17, 15) is 4.79 Å². The molecule has 2 aromatic carbocycles. The minimum Gasteiger partial charge on any atom is -0.469 e. The molecule has 1 heterocycles. The number of hydrogen-bond acceptors (Lipinski definition) is 3. The van der Waals surface area contributed by atoms with Crippen LogP contribution in [-0.2, 0) is 19.9 Å². The highest BCUT2D eigenvalue weighted by molar-refractivity contribution is 5.74. The Morgan fingerprint density at radius 1 is 1.04 bits per heavy atom. The number of benzene rings is 2. The van der Waals surface area contributed by atoms with Gasteiger partial charge in [0.15, 0.2) is 0 Å². The van der Waals surface area contributed by atoms with Crippen molar-refractivity contribution in [3.63, 3.8) is 0 Å². The summed E-state index contributed by atoms with van der Waals surface area (Å²) in [6, 6.07) is 20.5. The van der Waals surface area contributed by atoms with E-state index >= 15 is 0 Å². The standard InChI is InChI=1S/C22H24O3/c1-24-21(23)19-18-14-8-9-15-22(18,17-12-6-3-7-13-17)25-20(19)16-10-4-2-5-11-16/h2-7,10-13,18-20H,8-9,14-15H2,1H3/t18-,19-,20-,22+/m0/s1. The SMILES string of the molecule is COC(=O)[C@@H]1[C@H](c2ccccc2)O[C@@]2(c3ccccc3)CCCC[C@@H]12. The van der Waals surface area contributed by atoms with Gasteiger partial charge < -0.3 is 9.47 Å². The molecule has 3 heteroatoms. The van der Waals surface area contributed by atoms with Gasteiger partial charge in [0.05, 0.1) is 24.7 Å². The lowest BCUT2D eigenvalue weighted by Crippen LogP contribution is -2.39. The lowest BCUT2D eigenvalue weighted by molar-refractivity contribution is -0.148. The summed E-state index contributed by atoms with van der Waals surface area (Å²) in [7, 11) is 1.48. The predicted octanol–water partition coefficient (Wildman–Crippen LogP) is 4.63. The second-order valence-corrected chi connectivity index (χ2v) is 7.11. The van der Waals surface area contributed by atoms with Gasteiger partial charge in [0.2, 0.25) is 0 Å². The van der Waals surface area contributed by atoms with E-state index in [0.29, 0.717) is 0 Å². The number of hydrogen-bond donors (Lipinski definition) is 0. The first-order valence-electron chi connectivity index (χ1n) is 9.12. The highest BCUT2D eigenvalue weighted by Gasteiger charge is 2.59. The van der Waals surface area contributed by atoms with Crippen LogP contribution in [0.25, 0.3) is 0 Å². The van der Waals surface area contributed by atoms with Crippen LogP contribution < -0.4 is 0 Å². The molecule has 1 saturated carbocycles. The summed E-state index contributed by atoms with van der Waals surface area (Å²) in [5, 5.41) is 0. The number of esters is 1. The Hall–Kier alpha value is -2.13. The lowest BCUT2D eigenvalue weighted by atomic mass is 9.67. The van der Waals surface area contributed by atoms with Crippen molar-refractivity contribution >= 4 is 5.97 Å².